The lowest BCUT2D eigenvalue weighted by molar-refractivity contribution is -0.126. The summed E-state index contributed by atoms with van der Waals surface area (Å²) < 4.78 is 0. The molecule has 0 saturated heterocycles. The maximum absolute atomic E-state index is 11.9. The van der Waals surface area contributed by atoms with Gasteiger partial charge in [-0.15, -0.1) is 0 Å². The lowest BCUT2D eigenvalue weighted by Crippen LogP contribution is -2.42. The Bertz CT molecular complexity index is 284. The molecular formula is C27H61BrN2O. The fraction of sp³-hybridized carbons (Fsp3) is 0.963. The normalized spacial score (nSPS) is 9.61. The Morgan fingerprint density at radius 3 is 1.52 bits per heavy atom. The van der Waals surface area contributed by atoms with E-state index in [9.17, 15) is 4.79 Å². The molecule has 0 heterocycles. The van der Waals surface area contributed by atoms with Gasteiger partial charge in [-0.1, -0.05) is 142 Å². The molecule has 1 amide bonds. The second-order valence-electron chi connectivity index (χ2n) is 8.21. The highest BCUT2D eigenvalue weighted by molar-refractivity contribution is 9.09. The summed E-state index contributed by atoms with van der Waals surface area (Å²) in [5, 5.41) is 3.17. The van der Waals surface area contributed by atoms with Crippen molar-refractivity contribution in [1.29, 1.82) is 0 Å². The standard InChI is InChI=1S/C18H37BrN2O.3C3H8/c1-3-5-6-7-11-14-17-21(4-2)20-18(22)15-12-9-8-10-13-16-19;3*1-3-2/h3-17H2,1-2H3,(H,20,22);3*3H2,1-2H3. The number of unbranched alkanes of at least 4 members (excludes halogenated alkanes) is 9. The van der Waals surface area contributed by atoms with Crippen molar-refractivity contribution in [2.24, 2.45) is 0 Å². The molecule has 3 nitrogen and oxygen atoms in total. The molecule has 1 N–H and O–H groups in total. The van der Waals surface area contributed by atoms with E-state index in [1.165, 1.54) is 83.5 Å². The van der Waals surface area contributed by atoms with Crippen LogP contribution in [0.2, 0.25) is 0 Å². The van der Waals surface area contributed by atoms with Crippen LogP contribution in [0, 0.1) is 0 Å². The Morgan fingerprint density at radius 2 is 1.06 bits per heavy atom. The molecule has 4 heteroatoms. The van der Waals surface area contributed by atoms with Gasteiger partial charge in [0.05, 0.1) is 0 Å². The number of nitrogens with one attached hydrogen (secondary N) is 1. The summed E-state index contributed by atoms with van der Waals surface area (Å²) in [6.45, 7) is 19.0. The van der Waals surface area contributed by atoms with Crippen molar-refractivity contribution in [3.8, 4) is 0 Å². The van der Waals surface area contributed by atoms with Crippen LogP contribution in [0.15, 0.2) is 0 Å². The van der Waals surface area contributed by atoms with Crippen molar-refractivity contribution in [3.63, 3.8) is 0 Å². The molecule has 0 spiro atoms. The highest BCUT2D eigenvalue weighted by atomic mass is 79.9. The van der Waals surface area contributed by atoms with Gasteiger partial charge in [0.15, 0.2) is 0 Å². The molecule has 0 aromatic heterocycles. The van der Waals surface area contributed by atoms with Gasteiger partial charge in [-0.25, -0.2) is 5.01 Å². The van der Waals surface area contributed by atoms with Crippen molar-refractivity contribution < 1.29 is 4.79 Å². The predicted molar refractivity (Wildman–Crippen MR) is 148 cm³/mol. The average Bonchev–Trinajstić information content (AvgIpc) is 2.74. The maximum atomic E-state index is 11.9. The zero-order valence-corrected chi connectivity index (χ0v) is 24.5. The molecular weight excluding hydrogens is 448 g/mol. The van der Waals surface area contributed by atoms with Crippen LogP contribution in [0.5, 0.6) is 0 Å². The van der Waals surface area contributed by atoms with Gasteiger partial charge in [-0.05, 0) is 19.3 Å². The van der Waals surface area contributed by atoms with Crippen LogP contribution in [-0.2, 0) is 4.79 Å². The molecule has 0 aliphatic heterocycles. The number of amides is 1. The summed E-state index contributed by atoms with van der Waals surface area (Å²) >= 11 is 3.45. The molecule has 0 aliphatic carbocycles. The Morgan fingerprint density at radius 1 is 0.645 bits per heavy atom. The summed E-state index contributed by atoms with van der Waals surface area (Å²) in [7, 11) is 0. The second-order valence-corrected chi connectivity index (χ2v) is 9.00. The van der Waals surface area contributed by atoms with Crippen LogP contribution < -0.4 is 5.43 Å². The van der Waals surface area contributed by atoms with Gasteiger partial charge in [0.2, 0.25) is 5.91 Å². The molecule has 0 aliphatic rings. The van der Waals surface area contributed by atoms with E-state index in [-0.39, 0.29) is 5.91 Å². The van der Waals surface area contributed by atoms with Crippen molar-refractivity contribution in [3.05, 3.63) is 0 Å². The average molecular weight is 510 g/mol. The molecule has 0 radical (unpaired) electrons. The number of nitrogens with zero attached hydrogens (tertiary/aromatic N) is 1. The Kier molecular flexibility index (Phi) is 49.6. The van der Waals surface area contributed by atoms with Crippen LogP contribution in [0.3, 0.4) is 0 Å². The summed E-state index contributed by atoms with van der Waals surface area (Å²) in [6.07, 6.45) is 18.2. The number of halogens is 1. The van der Waals surface area contributed by atoms with Crippen LogP contribution in [0.4, 0.5) is 0 Å². The van der Waals surface area contributed by atoms with Crippen molar-refractivity contribution in [1.82, 2.24) is 10.4 Å². The fourth-order valence-electron chi connectivity index (χ4n) is 2.52. The monoisotopic (exact) mass is 508 g/mol. The second kappa shape index (κ2) is 40.3. The SMILES string of the molecule is CCC.CCC.CCC.CCCCCCCCN(CC)NC(=O)CCCCCCCBr. The zero-order valence-electron chi connectivity index (χ0n) is 23.0. The minimum atomic E-state index is 0.188. The first-order valence-electron chi connectivity index (χ1n) is 13.6. The number of alkyl halides is 1. The number of rotatable bonds is 16. The Labute approximate surface area is 207 Å². The number of hydrogen-bond donors (Lipinski definition) is 1. The highest BCUT2D eigenvalue weighted by Crippen LogP contribution is 2.07. The molecule has 0 aromatic rings. The van der Waals surface area contributed by atoms with Crippen LogP contribution in [0.1, 0.15) is 152 Å². The van der Waals surface area contributed by atoms with Crippen molar-refractivity contribution in [2.75, 3.05) is 18.4 Å². The molecule has 0 bridgehead atoms. The lowest BCUT2D eigenvalue weighted by atomic mass is 10.1. The minimum Gasteiger partial charge on any atom is -0.289 e. The van der Waals surface area contributed by atoms with Crippen LogP contribution in [-0.4, -0.2) is 29.3 Å². The molecule has 0 fully saturated rings. The van der Waals surface area contributed by atoms with E-state index in [4.69, 9.17) is 0 Å². The molecule has 0 atom stereocenters. The summed E-state index contributed by atoms with van der Waals surface area (Å²) in [6, 6.07) is 0. The number of hydrogen-bond acceptors (Lipinski definition) is 2. The van der Waals surface area contributed by atoms with E-state index in [1.54, 1.807) is 0 Å². The van der Waals surface area contributed by atoms with Gasteiger partial charge in [-0.2, -0.15) is 0 Å². The van der Waals surface area contributed by atoms with Crippen molar-refractivity contribution in [2.45, 2.75) is 152 Å². The van der Waals surface area contributed by atoms with Gasteiger partial charge in [0, 0.05) is 24.8 Å². The van der Waals surface area contributed by atoms with E-state index >= 15 is 0 Å². The van der Waals surface area contributed by atoms with Crippen molar-refractivity contribution >= 4 is 21.8 Å². The highest BCUT2D eigenvalue weighted by Gasteiger charge is 2.07. The first-order valence-corrected chi connectivity index (χ1v) is 14.7. The van der Waals surface area contributed by atoms with E-state index in [0.717, 1.165) is 24.8 Å². The Hall–Kier alpha value is -0.0900. The van der Waals surface area contributed by atoms with E-state index < -0.39 is 0 Å². The molecule has 0 aromatic carbocycles. The van der Waals surface area contributed by atoms with Crippen LogP contribution in [0.25, 0.3) is 0 Å². The minimum absolute atomic E-state index is 0.188. The number of hydrazine groups is 1. The van der Waals surface area contributed by atoms with E-state index in [1.807, 2.05) is 0 Å². The predicted octanol–water partition coefficient (Wildman–Crippen LogP) is 9.68. The van der Waals surface area contributed by atoms with Crippen LogP contribution >= 0.6 is 15.9 Å². The zero-order chi connectivity index (χ0) is 24.6. The third-order valence-corrected chi connectivity index (χ3v) is 4.54. The molecule has 192 valence electrons. The smallest absolute Gasteiger partial charge is 0.234 e. The summed E-state index contributed by atoms with van der Waals surface area (Å²) in [4.78, 5) is 11.9. The lowest BCUT2D eigenvalue weighted by Gasteiger charge is -2.21. The maximum Gasteiger partial charge on any atom is 0.234 e. The molecule has 0 unspecified atom stereocenters. The first kappa shape index (κ1) is 38.2. The summed E-state index contributed by atoms with van der Waals surface area (Å²) in [5.41, 5.74) is 3.06. The van der Waals surface area contributed by atoms with Gasteiger partial charge < -0.3 is 0 Å². The van der Waals surface area contributed by atoms with Gasteiger partial charge in [0.25, 0.3) is 0 Å². The molecule has 31 heavy (non-hydrogen) atoms. The summed E-state index contributed by atoms with van der Waals surface area (Å²) in [5.74, 6) is 0.188. The number of carbonyl (C=O) groups is 1. The van der Waals surface area contributed by atoms with E-state index in [2.05, 4.69) is 81.8 Å². The fourth-order valence-corrected chi connectivity index (χ4v) is 2.92. The van der Waals surface area contributed by atoms with Gasteiger partial charge in [0.1, 0.15) is 0 Å². The topological polar surface area (TPSA) is 32.3 Å². The molecule has 0 rings (SSSR count). The van der Waals surface area contributed by atoms with E-state index in [0.29, 0.717) is 6.42 Å². The third kappa shape index (κ3) is 48.5. The molecule has 0 saturated carbocycles. The Balaban J connectivity index is -0.000000344. The van der Waals surface area contributed by atoms with Gasteiger partial charge in [-0.3, -0.25) is 10.2 Å². The third-order valence-electron chi connectivity index (χ3n) is 3.98. The number of carbonyl (C=O) groups excluding carboxylic acids is 1. The van der Waals surface area contributed by atoms with Gasteiger partial charge >= 0.3 is 0 Å². The largest absolute Gasteiger partial charge is 0.289 e. The first-order chi connectivity index (χ1) is 15.0. The quantitative estimate of drug-likeness (QED) is 0.128.